The highest BCUT2D eigenvalue weighted by atomic mass is 19.4. The Kier molecular flexibility index (Phi) is 3.95. The molecule has 1 N–H and O–H groups in total. The highest BCUT2D eigenvalue weighted by Gasteiger charge is 2.40. The highest BCUT2D eigenvalue weighted by Crippen LogP contribution is 2.44. The Labute approximate surface area is 129 Å². The Morgan fingerprint density at radius 3 is 2.70 bits per heavy atom. The lowest BCUT2D eigenvalue weighted by molar-refractivity contribution is -0.138. The molecule has 0 atom stereocenters. The van der Waals surface area contributed by atoms with Crippen molar-refractivity contribution in [3.05, 3.63) is 29.3 Å². The number of rotatable bonds is 5. The molecule has 9 heteroatoms. The van der Waals surface area contributed by atoms with E-state index in [9.17, 15) is 17.6 Å². The third-order valence-corrected chi connectivity index (χ3v) is 3.59. The Morgan fingerprint density at radius 2 is 2.09 bits per heavy atom. The maximum atomic E-state index is 13.0. The number of alkyl halides is 4. The van der Waals surface area contributed by atoms with Gasteiger partial charge in [0.05, 0.1) is 29.2 Å². The van der Waals surface area contributed by atoms with Crippen LogP contribution in [0.15, 0.2) is 12.4 Å². The van der Waals surface area contributed by atoms with Gasteiger partial charge in [0.1, 0.15) is 6.67 Å². The zero-order valence-electron chi connectivity index (χ0n) is 12.4. The molecule has 0 saturated heterocycles. The zero-order valence-corrected chi connectivity index (χ0v) is 12.4. The molecule has 0 aromatic carbocycles. The largest absolute Gasteiger partial charge is 0.419 e. The van der Waals surface area contributed by atoms with Gasteiger partial charge in [0, 0.05) is 18.3 Å². The minimum absolute atomic E-state index is 0.0313. The summed E-state index contributed by atoms with van der Waals surface area (Å²) < 4.78 is 52.8. The van der Waals surface area contributed by atoms with Crippen LogP contribution < -0.4 is 5.32 Å². The summed E-state index contributed by atoms with van der Waals surface area (Å²) in [5.74, 6) is -0.0756. The summed E-state index contributed by atoms with van der Waals surface area (Å²) in [5.41, 5.74) is 0.383. The van der Waals surface area contributed by atoms with E-state index >= 15 is 0 Å². The number of aryl methyl sites for hydroxylation is 2. The average molecular weight is 329 g/mol. The quantitative estimate of drug-likeness (QED) is 0.852. The smallest absolute Gasteiger partial charge is 0.321 e. The van der Waals surface area contributed by atoms with Crippen molar-refractivity contribution >= 4 is 11.6 Å². The summed E-state index contributed by atoms with van der Waals surface area (Å²) >= 11 is 0. The minimum atomic E-state index is -4.46. The van der Waals surface area contributed by atoms with Crippen LogP contribution in [0.4, 0.5) is 29.2 Å². The molecule has 1 fully saturated rings. The predicted molar refractivity (Wildman–Crippen MR) is 75.2 cm³/mol. The first-order valence-corrected chi connectivity index (χ1v) is 7.19. The van der Waals surface area contributed by atoms with E-state index in [0.29, 0.717) is 24.2 Å². The topological polar surface area (TPSA) is 55.6 Å². The summed E-state index contributed by atoms with van der Waals surface area (Å²) in [4.78, 5) is 7.79. The highest BCUT2D eigenvalue weighted by molar-refractivity contribution is 5.55. The molecule has 2 heterocycles. The first-order valence-electron chi connectivity index (χ1n) is 7.19. The maximum Gasteiger partial charge on any atom is 0.419 e. The number of nitrogens with one attached hydrogen (secondary N) is 1. The number of aromatic nitrogens is 4. The Bertz CT molecular complexity index is 706. The first-order chi connectivity index (χ1) is 10.9. The molecule has 23 heavy (non-hydrogen) atoms. The molecule has 0 unspecified atom stereocenters. The molecule has 124 valence electrons. The second-order valence-corrected chi connectivity index (χ2v) is 5.47. The van der Waals surface area contributed by atoms with Crippen LogP contribution in [0.2, 0.25) is 0 Å². The minimum Gasteiger partial charge on any atom is -0.321 e. The standard InChI is InChI=1S/C14H15F4N5/c1-8-11(7-23(22-8)5-4-15)20-13-19-6-10(14(16,17)18)12(21-13)9-2-3-9/h6-7,9H,2-5H2,1H3,(H,19,20,21). The second kappa shape index (κ2) is 5.78. The van der Waals surface area contributed by atoms with Crippen molar-refractivity contribution in [1.82, 2.24) is 19.7 Å². The predicted octanol–water partition coefficient (Wildman–Crippen LogP) is 3.59. The van der Waals surface area contributed by atoms with Gasteiger partial charge in [-0.25, -0.2) is 14.4 Å². The van der Waals surface area contributed by atoms with E-state index in [4.69, 9.17) is 0 Å². The molecule has 1 saturated carbocycles. The lowest BCUT2D eigenvalue weighted by Crippen LogP contribution is -2.12. The molecular weight excluding hydrogens is 314 g/mol. The fraction of sp³-hybridized carbons (Fsp3) is 0.500. The molecule has 0 bridgehead atoms. The fourth-order valence-electron chi connectivity index (χ4n) is 2.30. The van der Waals surface area contributed by atoms with Gasteiger partial charge in [0.25, 0.3) is 0 Å². The van der Waals surface area contributed by atoms with E-state index in [0.717, 1.165) is 6.20 Å². The van der Waals surface area contributed by atoms with Crippen LogP contribution >= 0.6 is 0 Å². The lowest BCUT2D eigenvalue weighted by Gasteiger charge is -2.12. The summed E-state index contributed by atoms with van der Waals surface area (Å²) in [6, 6.07) is 0. The van der Waals surface area contributed by atoms with Crippen LogP contribution in [0.5, 0.6) is 0 Å². The van der Waals surface area contributed by atoms with Gasteiger partial charge >= 0.3 is 6.18 Å². The summed E-state index contributed by atoms with van der Waals surface area (Å²) in [6.07, 6.45) is -0.671. The van der Waals surface area contributed by atoms with E-state index in [2.05, 4.69) is 20.4 Å². The second-order valence-electron chi connectivity index (χ2n) is 5.47. The van der Waals surface area contributed by atoms with Crippen LogP contribution in [0.25, 0.3) is 0 Å². The molecule has 0 aliphatic heterocycles. The Balaban J connectivity index is 1.88. The summed E-state index contributed by atoms with van der Waals surface area (Å²) in [5, 5.41) is 6.96. The molecule has 0 spiro atoms. The van der Waals surface area contributed by atoms with Crippen molar-refractivity contribution in [2.75, 3.05) is 12.0 Å². The van der Waals surface area contributed by atoms with Gasteiger partial charge in [-0.15, -0.1) is 0 Å². The van der Waals surface area contributed by atoms with Crippen molar-refractivity contribution in [2.45, 2.75) is 38.4 Å². The van der Waals surface area contributed by atoms with E-state index in [-0.39, 0.29) is 24.1 Å². The van der Waals surface area contributed by atoms with E-state index in [1.54, 1.807) is 13.1 Å². The van der Waals surface area contributed by atoms with Crippen molar-refractivity contribution < 1.29 is 17.6 Å². The van der Waals surface area contributed by atoms with Crippen LogP contribution in [-0.4, -0.2) is 26.4 Å². The van der Waals surface area contributed by atoms with Crippen molar-refractivity contribution in [3.8, 4) is 0 Å². The molecule has 0 amide bonds. The van der Waals surface area contributed by atoms with Gasteiger partial charge in [0.15, 0.2) is 0 Å². The fourth-order valence-corrected chi connectivity index (χ4v) is 2.30. The third-order valence-electron chi connectivity index (χ3n) is 3.59. The van der Waals surface area contributed by atoms with E-state index in [1.165, 1.54) is 4.68 Å². The molecular formula is C14H15F4N5. The Hall–Kier alpha value is -2.19. The van der Waals surface area contributed by atoms with Crippen molar-refractivity contribution in [1.29, 1.82) is 0 Å². The van der Waals surface area contributed by atoms with Crippen molar-refractivity contribution in [3.63, 3.8) is 0 Å². The number of halogens is 4. The SMILES string of the molecule is Cc1nn(CCF)cc1Nc1ncc(C(F)(F)F)c(C2CC2)n1. The molecule has 1 aliphatic rings. The van der Waals surface area contributed by atoms with Gasteiger partial charge in [-0.1, -0.05) is 0 Å². The molecule has 1 aliphatic carbocycles. The summed E-state index contributed by atoms with van der Waals surface area (Å²) in [7, 11) is 0. The average Bonchev–Trinajstić information content (AvgIpc) is 3.25. The number of hydrogen-bond acceptors (Lipinski definition) is 4. The van der Waals surface area contributed by atoms with Crippen LogP contribution in [-0.2, 0) is 12.7 Å². The monoisotopic (exact) mass is 329 g/mol. The molecule has 3 rings (SSSR count). The van der Waals surface area contributed by atoms with Crippen LogP contribution in [0, 0.1) is 6.92 Å². The zero-order chi connectivity index (χ0) is 16.6. The molecule has 2 aromatic heterocycles. The molecule has 2 aromatic rings. The molecule has 5 nitrogen and oxygen atoms in total. The normalized spacial score (nSPS) is 15.0. The molecule has 0 radical (unpaired) electrons. The lowest BCUT2D eigenvalue weighted by atomic mass is 10.1. The number of nitrogens with zero attached hydrogens (tertiary/aromatic N) is 4. The van der Waals surface area contributed by atoms with Crippen LogP contribution in [0.3, 0.4) is 0 Å². The van der Waals surface area contributed by atoms with Gasteiger partial charge in [-0.2, -0.15) is 18.3 Å². The number of anilines is 2. The van der Waals surface area contributed by atoms with E-state index in [1.807, 2.05) is 0 Å². The van der Waals surface area contributed by atoms with Gasteiger partial charge in [-0.05, 0) is 19.8 Å². The van der Waals surface area contributed by atoms with Gasteiger partial charge in [-0.3, -0.25) is 4.68 Å². The van der Waals surface area contributed by atoms with Crippen molar-refractivity contribution in [2.24, 2.45) is 0 Å². The van der Waals surface area contributed by atoms with E-state index < -0.39 is 18.4 Å². The third kappa shape index (κ3) is 3.43. The number of hydrogen-bond donors (Lipinski definition) is 1. The first kappa shape index (κ1) is 15.7. The Morgan fingerprint density at radius 1 is 1.35 bits per heavy atom. The summed E-state index contributed by atoms with van der Waals surface area (Å²) in [6.45, 7) is 1.27. The maximum absolute atomic E-state index is 13.0. The van der Waals surface area contributed by atoms with Crippen LogP contribution in [0.1, 0.15) is 35.7 Å². The van der Waals surface area contributed by atoms with Gasteiger partial charge in [0.2, 0.25) is 5.95 Å². The van der Waals surface area contributed by atoms with Gasteiger partial charge < -0.3 is 5.32 Å².